The molecule has 1 fully saturated rings. The van der Waals surface area contributed by atoms with Crippen molar-refractivity contribution in [2.24, 2.45) is 0 Å². The topological polar surface area (TPSA) is 15.3 Å². The van der Waals surface area contributed by atoms with Crippen molar-refractivity contribution in [1.82, 2.24) is 10.2 Å². The molecule has 1 aliphatic rings. The molecular weight excluding hydrogens is 195 g/mol. The Morgan fingerprint density at radius 1 is 1.33 bits per heavy atom. The lowest BCUT2D eigenvalue weighted by Gasteiger charge is -2.13. The average Bonchev–Trinajstić information content (AvgIpc) is 2.34. The predicted molar refractivity (Wildman–Crippen MR) is 58.7 cm³/mol. The summed E-state index contributed by atoms with van der Waals surface area (Å²) in [6.07, 6.45) is 4.07. The molecule has 1 aliphatic heterocycles. The Kier molecular flexibility index (Phi) is 10.1. The van der Waals surface area contributed by atoms with E-state index in [4.69, 9.17) is 0 Å². The Morgan fingerprint density at radius 3 is 2.42 bits per heavy atom. The van der Waals surface area contributed by atoms with Gasteiger partial charge in [0, 0.05) is 6.04 Å². The minimum absolute atomic E-state index is 0. The minimum Gasteiger partial charge on any atom is -0.314 e. The highest BCUT2D eigenvalue weighted by atomic mass is 35.5. The molecule has 12 heavy (non-hydrogen) atoms. The third-order valence-corrected chi connectivity index (χ3v) is 2.09. The molecule has 0 aliphatic carbocycles. The van der Waals surface area contributed by atoms with Gasteiger partial charge in [-0.2, -0.15) is 0 Å². The van der Waals surface area contributed by atoms with Crippen molar-refractivity contribution in [3.63, 3.8) is 0 Å². The van der Waals surface area contributed by atoms with Gasteiger partial charge in [0.1, 0.15) is 0 Å². The van der Waals surface area contributed by atoms with E-state index in [9.17, 15) is 0 Å². The SMILES string of the molecule is CN(C)CC[C@@H]1CCCN1.Cl.Cl. The van der Waals surface area contributed by atoms with Crippen LogP contribution in [0.2, 0.25) is 0 Å². The van der Waals surface area contributed by atoms with Gasteiger partial charge < -0.3 is 10.2 Å². The molecule has 0 amide bonds. The Bertz CT molecular complexity index is 93.1. The van der Waals surface area contributed by atoms with Gasteiger partial charge in [-0.3, -0.25) is 0 Å². The lowest BCUT2D eigenvalue weighted by molar-refractivity contribution is 0.371. The molecule has 4 heteroatoms. The van der Waals surface area contributed by atoms with E-state index in [1.165, 1.54) is 32.4 Å². The van der Waals surface area contributed by atoms with Crippen molar-refractivity contribution in [3.05, 3.63) is 0 Å². The third-order valence-electron chi connectivity index (χ3n) is 2.09. The summed E-state index contributed by atoms with van der Waals surface area (Å²) in [6, 6.07) is 0.808. The van der Waals surface area contributed by atoms with Crippen LogP contribution < -0.4 is 5.32 Å². The fourth-order valence-electron chi connectivity index (χ4n) is 1.42. The molecule has 0 bridgehead atoms. The maximum absolute atomic E-state index is 3.49. The normalized spacial score (nSPS) is 21.8. The van der Waals surface area contributed by atoms with Gasteiger partial charge in [-0.25, -0.2) is 0 Å². The fourth-order valence-corrected chi connectivity index (χ4v) is 1.42. The van der Waals surface area contributed by atoms with E-state index in [2.05, 4.69) is 24.3 Å². The van der Waals surface area contributed by atoms with E-state index in [1.54, 1.807) is 0 Å². The van der Waals surface area contributed by atoms with Crippen molar-refractivity contribution in [3.8, 4) is 0 Å². The van der Waals surface area contributed by atoms with Crippen LogP contribution in [0.5, 0.6) is 0 Å². The van der Waals surface area contributed by atoms with E-state index in [0.29, 0.717) is 0 Å². The van der Waals surface area contributed by atoms with E-state index >= 15 is 0 Å². The monoisotopic (exact) mass is 214 g/mol. The first-order valence-electron chi connectivity index (χ1n) is 4.17. The molecule has 0 unspecified atom stereocenters. The molecule has 0 aromatic heterocycles. The third kappa shape index (κ3) is 6.06. The van der Waals surface area contributed by atoms with Crippen molar-refractivity contribution in [1.29, 1.82) is 0 Å². The number of nitrogens with one attached hydrogen (secondary N) is 1. The second kappa shape index (κ2) is 8.11. The molecule has 2 nitrogen and oxygen atoms in total. The van der Waals surface area contributed by atoms with Crippen LogP contribution in [0, 0.1) is 0 Å². The molecule has 1 heterocycles. The highest BCUT2D eigenvalue weighted by Crippen LogP contribution is 2.08. The van der Waals surface area contributed by atoms with Gasteiger partial charge >= 0.3 is 0 Å². The number of rotatable bonds is 3. The van der Waals surface area contributed by atoms with Gasteiger partial charge in [-0.15, -0.1) is 24.8 Å². The Balaban J connectivity index is 0. The smallest absolute Gasteiger partial charge is 0.00797 e. The van der Waals surface area contributed by atoms with Crippen LogP contribution >= 0.6 is 24.8 Å². The second-order valence-corrected chi connectivity index (χ2v) is 3.39. The number of hydrogen-bond acceptors (Lipinski definition) is 2. The Hall–Kier alpha value is 0.500. The number of nitrogens with zero attached hydrogens (tertiary/aromatic N) is 1. The van der Waals surface area contributed by atoms with Crippen LogP contribution in [0.4, 0.5) is 0 Å². The zero-order valence-electron chi connectivity index (χ0n) is 7.88. The summed E-state index contributed by atoms with van der Waals surface area (Å²) in [6.45, 7) is 2.45. The highest BCUT2D eigenvalue weighted by molar-refractivity contribution is 5.85. The first kappa shape index (κ1) is 15.0. The summed E-state index contributed by atoms with van der Waals surface area (Å²) in [4.78, 5) is 2.25. The molecule has 0 spiro atoms. The molecule has 0 aromatic carbocycles. The Labute approximate surface area is 87.9 Å². The molecule has 1 rings (SSSR count). The lowest BCUT2D eigenvalue weighted by atomic mass is 10.1. The molecule has 1 atom stereocenters. The van der Waals surface area contributed by atoms with Crippen LogP contribution in [-0.2, 0) is 0 Å². The molecule has 76 valence electrons. The average molecular weight is 215 g/mol. The maximum atomic E-state index is 3.49. The summed E-state index contributed by atoms with van der Waals surface area (Å²) in [5.41, 5.74) is 0. The zero-order valence-corrected chi connectivity index (χ0v) is 9.51. The molecular formula is C8H20Cl2N2. The van der Waals surface area contributed by atoms with Crippen molar-refractivity contribution in [2.75, 3.05) is 27.2 Å². The van der Waals surface area contributed by atoms with Gasteiger partial charge in [0.2, 0.25) is 0 Å². The predicted octanol–water partition coefficient (Wildman–Crippen LogP) is 1.53. The minimum atomic E-state index is 0. The first-order valence-corrected chi connectivity index (χ1v) is 4.17. The van der Waals surface area contributed by atoms with Crippen molar-refractivity contribution in [2.45, 2.75) is 25.3 Å². The quantitative estimate of drug-likeness (QED) is 0.768. The van der Waals surface area contributed by atoms with E-state index < -0.39 is 0 Å². The first-order chi connectivity index (χ1) is 4.79. The summed E-state index contributed by atoms with van der Waals surface area (Å²) in [5, 5.41) is 3.49. The number of halogens is 2. The van der Waals surface area contributed by atoms with Crippen molar-refractivity contribution >= 4 is 24.8 Å². The van der Waals surface area contributed by atoms with Crippen LogP contribution in [0.15, 0.2) is 0 Å². The highest BCUT2D eigenvalue weighted by Gasteiger charge is 2.12. The molecule has 0 radical (unpaired) electrons. The van der Waals surface area contributed by atoms with Crippen molar-refractivity contribution < 1.29 is 0 Å². The summed E-state index contributed by atoms with van der Waals surface area (Å²) < 4.78 is 0. The largest absolute Gasteiger partial charge is 0.314 e. The molecule has 0 aromatic rings. The standard InChI is InChI=1S/C8H18N2.2ClH/c1-10(2)7-5-8-4-3-6-9-8;;/h8-9H,3-7H2,1-2H3;2*1H/t8-;;/m0../s1. The second-order valence-electron chi connectivity index (χ2n) is 3.39. The Morgan fingerprint density at radius 2 is 2.00 bits per heavy atom. The van der Waals surface area contributed by atoms with Crippen LogP contribution in [-0.4, -0.2) is 38.1 Å². The van der Waals surface area contributed by atoms with Crippen LogP contribution in [0.25, 0.3) is 0 Å². The molecule has 1 N–H and O–H groups in total. The summed E-state index contributed by atoms with van der Waals surface area (Å²) >= 11 is 0. The zero-order chi connectivity index (χ0) is 7.40. The van der Waals surface area contributed by atoms with Gasteiger partial charge in [0.25, 0.3) is 0 Å². The number of hydrogen-bond donors (Lipinski definition) is 1. The van der Waals surface area contributed by atoms with Gasteiger partial charge in [-0.05, 0) is 46.4 Å². The lowest BCUT2D eigenvalue weighted by Crippen LogP contribution is -2.26. The van der Waals surface area contributed by atoms with Gasteiger partial charge in [-0.1, -0.05) is 0 Å². The van der Waals surface area contributed by atoms with E-state index in [-0.39, 0.29) is 24.8 Å². The molecule has 1 saturated heterocycles. The van der Waals surface area contributed by atoms with E-state index in [0.717, 1.165) is 6.04 Å². The van der Waals surface area contributed by atoms with Gasteiger partial charge in [0.15, 0.2) is 0 Å². The fraction of sp³-hybridized carbons (Fsp3) is 1.00. The van der Waals surface area contributed by atoms with Gasteiger partial charge in [0.05, 0.1) is 0 Å². The summed E-state index contributed by atoms with van der Waals surface area (Å²) in [7, 11) is 4.27. The van der Waals surface area contributed by atoms with Crippen LogP contribution in [0.3, 0.4) is 0 Å². The van der Waals surface area contributed by atoms with Crippen LogP contribution in [0.1, 0.15) is 19.3 Å². The molecule has 0 saturated carbocycles. The maximum Gasteiger partial charge on any atom is 0.00797 e. The van der Waals surface area contributed by atoms with E-state index in [1.807, 2.05) is 0 Å². The summed E-state index contributed by atoms with van der Waals surface area (Å²) in [5.74, 6) is 0.